The van der Waals surface area contributed by atoms with Gasteiger partial charge in [-0.3, -0.25) is 9.89 Å². The Morgan fingerprint density at radius 2 is 2.31 bits per heavy atom. The number of amides is 1. The number of hydrogen-bond donors (Lipinski definition) is 3. The number of rotatable bonds is 2. The van der Waals surface area contributed by atoms with Crippen molar-refractivity contribution in [3.05, 3.63) is 41.6 Å². The predicted molar refractivity (Wildman–Crippen MR) is 59.4 cm³/mol. The van der Waals surface area contributed by atoms with Gasteiger partial charge in [0.25, 0.3) is 5.91 Å². The third kappa shape index (κ3) is 2.03. The van der Waals surface area contributed by atoms with Crippen LogP contribution in [0, 0.1) is 6.92 Å². The molecule has 0 aliphatic rings. The van der Waals surface area contributed by atoms with E-state index in [0.29, 0.717) is 11.4 Å². The molecule has 2 rings (SSSR count). The molecule has 1 aromatic heterocycles. The van der Waals surface area contributed by atoms with Crippen LogP contribution in [-0.4, -0.2) is 21.2 Å². The van der Waals surface area contributed by atoms with E-state index in [1.54, 1.807) is 18.3 Å². The summed E-state index contributed by atoms with van der Waals surface area (Å²) in [5.74, 6) is 0.338. The fourth-order valence-electron chi connectivity index (χ4n) is 1.31. The van der Waals surface area contributed by atoms with E-state index in [0.717, 1.165) is 5.56 Å². The van der Waals surface area contributed by atoms with E-state index in [1.807, 2.05) is 6.92 Å². The molecular formula is C11H11N3O2. The molecule has 0 spiro atoms. The number of aromatic nitrogens is 2. The molecular weight excluding hydrogens is 206 g/mol. The minimum absolute atomic E-state index is 0.0639. The molecule has 1 amide bonds. The van der Waals surface area contributed by atoms with Crippen LogP contribution in [0.5, 0.6) is 5.75 Å². The number of phenols is 1. The summed E-state index contributed by atoms with van der Waals surface area (Å²) in [5, 5.41) is 18.4. The summed E-state index contributed by atoms with van der Waals surface area (Å²) in [6.07, 6.45) is 1.62. The maximum absolute atomic E-state index is 11.7. The van der Waals surface area contributed by atoms with E-state index in [1.165, 1.54) is 12.1 Å². The molecule has 2 aromatic rings. The zero-order valence-electron chi connectivity index (χ0n) is 8.69. The number of hydrogen-bond acceptors (Lipinski definition) is 3. The van der Waals surface area contributed by atoms with Crippen LogP contribution in [0.4, 0.5) is 5.82 Å². The quantitative estimate of drug-likeness (QED) is 0.716. The van der Waals surface area contributed by atoms with Crippen LogP contribution in [-0.2, 0) is 0 Å². The molecule has 5 nitrogen and oxygen atoms in total. The molecule has 16 heavy (non-hydrogen) atoms. The molecule has 0 saturated carbocycles. The van der Waals surface area contributed by atoms with E-state index < -0.39 is 0 Å². The first-order valence-electron chi connectivity index (χ1n) is 4.77. The van der Waals surface area contributed by atoms with Crippen LogP contribution in [0.1, 0.15) is 15.9 Å². The van der Waals surface area contributed by atoms with Gasteiger partial charge >= 0.3 is 0 Å². The van der Waals surface area contributed by atoms with Gasteiger partial charge in [0.1, 0.15) is 11.6 Å². The van der Waals surface area contributed by atoms with Gasteiger partial charge in [-0.05, 0) is 25.1 Å². The molecule has 1 aromatic carbocycles. The van der Waals surface area contributed by atoms with Crippen molar-refractivity contribution in [2.75, 3.05) is 5.32 Å². The smallest absolute Gasteiger partial charge is 0.256 e. The highest BCUT2D eigenvalue weighted by Crippen LogP contribution is 2.14. The summed E-state index contributed by atoms with van der Waals surface area (Å²) in [5.41, 5.74) is 1.25. The number of phenolic OH excluding ortho intramolecular Hbond substituents is 1. The Labute approximate surface area is 92.1 Å². The Morgan fingerprint density at radius 3 is 2.94 bits per heavy atom. The first kappa shape index (κ1) is 10.2. The molecule has 3 N–H and O–H groups in total. The fraction of sp³-hybridized carbons (Fsp3) is 0.0909. The minimum atomic E-state index is -0.289. The number of benzene rings is 1. The summed E-state index contributed by atoms with van der Waals surface area (Å²) in [6, 6.07) is 6.16. The second kappa shape index (κ2) is 4.06. The van der Waals surface area contributed by atoms with Gasteiger partial charge in [-0.25, -0.2) is 0 Å². The molecule has 5 heteroatoms. The molecule has 0 bridgehead atoms. The van der Waals surface area contributed by atoms with Crippen molar-refractivity contribution in [1.29, 1.82) is 0 Å². The normalized spacial score (nSPS) is 10.1. The molecule has 0 saturated heterocycles. The van der Waals surface area contributed by atoms with Gasteiger partial charge in [-0.2, -0.15) is 5.10 Å². The lowest BCUT2D eigenvalue weighted by Crippen LogP contribution is -2.12. The Balaban J connectivity index is 2.18. The lowest BCUT2D eigenvalue weighted by molar-refractivity contribution is 0.102. The van der Waals surface area contributed by atoms with Gasteiger partial charge in [-0.1, -0.05) is 6.07 Å². The number of aryl methyl sites for hydroxylation is 1. The van der Waals surface area contributed by atoms with Crippen molar-refractivity contribution in [2.24, 2.45) is 0 Å². The standard InChI is InChI=1S/C11H11N3O2/c1-7-6-12-14-10(7)13-11(16)8-3-2-4-9(15)5-8/h2-6,15H,1H3,(H2,12,13,14,16). The maximum atomic E-state index is 11.7. The summed E-state index contributed by atoms with van der Waals surface area (Å²) in [6.45, 7) is 1.83. The number of anilines is 1. The van der Waals surface area contributed by atoms with E-state index in [4.69, 9.17) is 0 Å². The maximum Gasteiger partial charge on any atom is 0.256 e. The van der Waals surface area contributed by atoms with Gasteiger partial charge in [0, 0.05) is 11.1 Å². The third-order valence-electron chi connectivity index (χ3n) is 2.18. The zero-order valence-corrected chi connectivity index (χ0v) is 8.69. The third-order valence-corrected chi connectivity index (χ3v) is 2.18. The Kier molecular flexibility index (Phi) is 2.59. The monoisotopic (exact) mass is 217 g/mol. The van der Waals surface area contributed by atoms with Crippen molar-refractivity contribution in [1.82, 2.24) is 10.2 Å². The molecule has 0 fully saturated rings. The molecule has 0 radical (unpaired) electrons. The number of nitrogens with zero attached hydrogens (tertiary/aromatic N) is 1. The zero-order chi connectivity index (χ0) is 11.5. The summed E-state index contributed by atoms with van der Waals surface area (Å²) >= 11 is 0. The minimum Gasteiger partial charge on any atom is -0.508 e. The molecule has 0 unspecified atom stereocenters. The van der Waals surface area contributed by atoms with Crippen LogP contribution in [0.3, 0.4) is 0 Å². The number of carbonyl (C=O) groups excluding carboxylic acids is 1. The molecule has 0 aliphatic heterocycles. The highest BCUT2D eigenvalue weighted by atomic mass is 16.3. The van der Waals surface area contributed by atoms with Crippen LogP contribution in [0.25, 0.3) is 0 Å². The lowest BCUT2D eigenvalue weighted by atomic mass is 10.2. The first-order chi connectivity index (χ1) is 7.66. The largest absolute Gasteiger partial charge is 0.508 e. The van der Waals surface area contributed by atoms with Crippen LogP contribution < -0.4 is 5.32 Å². The van der Waals surface area contributed by atoms with Crippen LogP contribution >= 0.6 is 0 Å². The highest BCUT2D eigenvalue weighted by molar-refractivity contribution is 6.04. The number of H-pyrrole nitrogens is 1. The Hall–Kier alpha value is -2.30. The average molecular weight is 217 g/mol. The van der Waals surface area contributed by atoms with E-state index in [2.05, 4.69) is 15.5 Å². The Bertz CT molecular complexity index is 519. The molecule has 0 aliphatic carbocycles. The van der Waals surface area contributed by atoms with Crippen LogP contribution in [0.15, 0.2) is 30.5 Å². The molecule has 0 atom stereocenters. The van der Waals surface area contributed by atoms with Crippen molar-refractivity contribution < 1.29 is 9.90 Å². The van der Waals surface area contributed by atoms with Gasteiger partial charge in [0.2, 0.25) is 0 Å². The SMILES string of the molecule is Cc1cn[nH]c1NC(=O)c1cccc(O)c1. The van der Waals surface area contributed by atoms with Crippen molar-refractivity contribution in [3.8, 4) is 5.75 Å². The van der Waals surface area contributed by atoms with Crippen molar-refractivity contribution in [2.45, 2.75) is 6.92 Å². The first-order valence-corrected chi connectivity index (χ1v) is 4.77. The summed E-state index contributed by atoms with van der Waals surface area (Å²) in [4.78, 5) is 11.7. The number of carbonyl (C=O) groups is 1. The molecule has 82 valence electrons. The van der Waals surface area contributed by atoms with Gasteiger partial charge in [0.05, 0.1) is 6.20 Å². The predicted octanol–water partition coefficient (Wildman–Crippen LogP) is 1.68. The Morgan fingerprint density at radius 1 is 1.50 bits per heavy atom. The lowest BCUT2D eigenvalue weighted by Gasteiger charge is -2.03. The van der Waals surface area contributed by atoms with Crippen molar-refractivity contribution in [3.63, 3.8) is 0 Å². The number of nitrogens with one attached hydrogen (secondary N) is 2. The molecule has 1 heterocycles. The van der Waals surface area contributed by atoms with Gasteiger partial charge in [0.15, 0.2) is 0 Å². The number of aromatic hydroxyl groups is 1. The number of aromatic amines is 1. The van der Waals surface area contributed by atoms with E-state index in [-0.39, 0.29) is 11.7 Å². The summed E-state index contributed by atoms with van der Waals surface area (Å²) in [7, 11) is 0. The van der Waals surface area contributed by atoms with E-state index >= 15 is 0 Å². The topological polar surface area (TPSA) is 78.0 Å². The van der Waals surface area contributed by atoms with Crippen LogP contribution in [0.2, 0.25) is 0 Å². The van der Waals surface area contributed by atoms with Gasteiger partial charge < -0.3 is 10.4 Å². The van der Waals surface area contributed by atoms with Crippen molar-refractivity contribution >= 4 is 11.7 Å². The second-order valence-corrected chi connectivity index (χ2v) is 3.43. The second-order valence-electron chi connectivity index (χ2n) is 3.43. The fourth-order valence-corrected chi connectivity index (χ4v) is 1.31. The highest BCUT2D eigenvalue weighted by Gasteiger charge is 2.08. The summed E-state index contributed by atoms with van der Waals surface area (Å²) < 4.78 is 0. The van der Waals surface area contributed by atoms with Gasteiger partial charge in [-0.15, -0.1) is 0 Å². The van der Waals surface area contributed by atoms with E-state index in [9.17, 15) is 9.90 Å². The average Bonchev–Trinajstić information content (AvgIpc) is 2.64.